The van der Waals surface area contributed by atoms with E-state index in [0.717, 1.165) is 50.2 Å². The zero-order valence-corrected chi connectivity index (χ0v) is 17.9. The Balaban J connectivity index is 0.00000124. The molecule has 2 aromatic carbocycles. The van der Waals surface area contributed by atoms with Crippen LogP contribution in [0.3, 0.4) is 0 Å². The van der Waals surface area contributed by atoms with Crippen molar-refractivity contribution in [2.24, 2.45) is 0 Å². The van der Waals surface area contributed by atoms with Gasteiger partial charge in [0.15, 0.2) is 0 Å². The molecule has 1 aliphatic rings. The molecular weight excluding hydrogens is 374 g/mol. The predicted molar refractivity (Wildman–Crippen MR) is 120 cm³/mol. The Hall–Kier alpha value is -3.47. The fourth-order valence-electron chi connectivity index (χ4n) is 3.59. The second kappa shape index (κ2) is 9.35. The van der Waals surface area contributed by atoms with Gasteiger partial charge < -0.3 is 10.6 Å². The fourth-order valence-corrected chi connectivity index (χ4v) is 3.59. The largest absolute Gasteiger partial charge is 0.355 e. The topological polar surface area (TPSA) is 71.1 Å². The van der Waals surface area contributed by atoms with Crippen molar-refractivity contribution in [1.82, 2.24) is 15.6 Å². The fraction of sp³-hybridized carbons (Fsp3) is 0.240. The third-order valence-corrected chi connectivity index (χ3v) is 5.24. The number of nitrogens with one attached hydrogen (secondary N) is 2. The summed E-state index contributed by atoms with van der Waals surface area (Å²) in [6, 6.07) is 14.3. The van der Waals surface area contributed by atoms with Crippen LogP contribution >= 0.6 is 0 Å². The van der Waals surface area contributed by atoms with Gasteiger partial charge in [0.2, 0.25) is 6.41 Å². The number of aromatic nitrogens is 1. The lowest BCUT2D eigenvalue weighted by Crippen LogP contribution is -2.12. The van der Waals surface area contributed by atoms with Crippen LogP contribution in [0.2, 0.25) is 0 Å². The summed E-state index contributed by atoms with van der Waals surface area (Å²) in [4.78, 5) is 27.1. The number of pyridine rings is 1. The smallest absolute Gasteiger partial charge is 0.251 e. The quantitative estimate of drug-likeness (QED) is 0.616. The highest BCUT2D eigenvalue weighted by Crippen LogP contribution is 2.31. The molecule has 2 amide bonds. The molecule has 154 valence electrons. The number of hydrogen-bond acceptors (Lipinski definition) is 3. The number of amides is 2. The maximum Gasteiger partial charge on any atom is 0.251 e. The first-order valence-corrected chi connectivity index (χ1v) is 10.2. The second-order valence-electron chi connectivity index (χ2n) is 7.05. The van der Waals surface area contributed by atoms with Gasteiger partial charge in [-0.3, -0.25) is 14.6 Å². The monoisotopic (exact) mass is 401 g/mol. The van der Waals surface area contributed by atoms with Crippen LogP contribution in [0.4, 0.5) is 0 Å². The normalized spacial score (nSPS) is 11.8. The predicted octanol–water partition coefficient (Wildman–Crippen LogP) is 4.55. The number of carbonyl (C=O) groups is 2. The molecule has 2 N–H and O–H groups in total. The molecule has 0 atom stereocenters. The van der Waals surface area contributed by atoms with E-state index < -0.39 is 0 Å². The molecule has 0 bridgehead atoms. The van der Waals surface area contributed by atoms with E-state index in [1.54, 1.807) is 0 Å². The minimum atomic E-state index is -0.0210. The Kier molecular flexibility index (Phi) is 6.62. The van der Waals surface area contributed by atoms with Crippen molar-refractivity contribution in [1.29, 1.82) is 0 Å². The molecule has 5 heteroatoms. The Labute approximate surface area is 177 Å². The zero-order valence-electron chi connectivity index (χ0n) is 17.9. The lowest BCUT2D eigenvalue weighted by molar-refractivity contribution is -0.109. The molecule has 2 heterocycles. The molecule has 1 aliphatic heterocycles. The average Bonchev–Trinajstić information content (AvgIpc) is 3.15. The van der Waals surface area contributed by atoms with Crippen LogP contribution in [0, 0.1) is 13.8 Å². The van der Waals surface area contributed by atoms with Crippen molar-refractivity contribution in [2.75, 3.05) is 0 Å². The van der Waals surface area contributed by atoms with Crippen LogP contribution in [0.25, 0.3) is 22.3 Å². The Morgan fingerprint density at radius 3 is 2.47 bits per heavy atom. The van der Waals surface area contributed by atoms with Gasteiger partial charge in [0.25, 0.3) is 5.91 Å². The van der Waals surface area contributed by atoms with E-state index >= 15 is 0 Å². The zero-order chi connectivity index (χ0) is 21.7. The number of rotatable bonds is 5. The maximum absolute atomic E-state index is 12.0. The van der Waals surface area contributed by atoms with Gasteiger partial charge in [0.1, 0.15) is 0 Å². The summed E-state index contributed by atoms with van der Waals surface area (Å²) in [5, 5.41) is 5.56. The van der Waals surface area contributed by atoms with E-state index in [9.17, 15) is 9.59 Å². The minimum absolute atomic E-state index is 0.0210. The van der Waals surface area contributed by atoms with Crippen LogP contribution < -0.4 is 10.6 Å². The number of carbonyl (C=O) groups excluding carboxylic acids is 2. The molecule has 0 aliphatic carbocycles. The summed E-state index contributed by atoms with van der Waals surface area (Å²) in [5.74, 6) is -0.0210. The minimum Gasteiger partial charge on any atom is -0.355 e. The number of benzene rings is 2. The number of nitrogens with zero attached hydrogens (tertiary/aromatic N) is 1. The Morgan fingerprint density at radius 2 is 1.73 bits per heavy atom. The van der Waals surface area contributed by atoms with Crippen molar-refractivity contribution in [3.63, 3.8) is 0 Å². The van der Waals surface area contributed by atoms with Crippen molar-refractivity contribution < 1.29 is 9.59 Å². The lowest BCUT2D eigenvalue weighted by atomic mass is 9.95. The standard InChI is InChI=1S/C23H21N3O2.C2H6/c1-14-7-17(4-5-18(14)10-24-13-27)21-9-20(12-25-15(21)2)16-3-6-19-11-26-23(28)22(19)8-16;1-2/h3-9,12-13H,10-11H2,1-2H3,(H,24,27)(H,26,28);1-2H3. The van der Waals surface area contributed by atoms with Crippen LogP contribution in [0.15, 0.2) is 48.7 Å². The van der Waals surface area contributed by atoms with Crippen LogP contribution in [-0.2, 0) is 17.9 Å². The summed E-state index contributed by atoms with van der Waals surface area (Å²) in [6.45, 7) is 9.14. The summed E-state index contributed by atoms with van der Waals surface area (Å²) in [7, 11) is 0. The van der Waals surface area contributed by atoms with Gasteiger partial charge >= 0.3 is 0 Å². The van der Waals surface area contributed by atoms with Crippen LogP contribution in [0.1, 0.15) is 46.6 Å². The second-order valence-corrected chi connectivity index (χ2v) is 7.05. The van der Waals surface area contributed by atoms with Crippen molar-refractivity contribution in [2.45, 2.75) is 40.8 Å². The molecule has 0 spiro atoms. The van der Waals surface area contributed by atoms with E-state index in [2.05, 4.69) is 33.8 Å². The first kappa shape index (κ1) is 21.2. The van der Waals surface area contributed by atoms with Gasteiger partial charge in [-0.15, -0.1) is 0 Å². The van der Waals surface area contributed by atoms with E-state index in [-0.39, 0.29) is 5.91 Å². The molecule has 30 heavy (non-hydrogen) atoms. The van der Waals surface area contributed by atoms with Crippen LogP contribution in [-0.4, -0.2) is 17.3 Å². The highest BCUT2D eigenvalue weighted by atomic mass is 16.2. The highest BCUT2D eigenvalue weighted by molar-refractivity contribution is 5.99. The molecule has 0 fully saturated rings. The van der Waals surface area contributed by atoms with Gasteiger partial charge in [-0.25, -0.2) is 0 Å². The molecule has 5 nitrogen and oxygen atoms in total. The molecule has 3 aromatic rings. The molecule has 1 aromatic heterocycles. The van der Waals surface area contributed by atoms with Crippen molar-refractivity contribution >= 4 is 12.3 Å². The Morgan fingerprint density at radius 1 is 1.00 bits per heavy atom. The molecule has 0 unspecified atom stereocenters. The van der Waals surface area contributed by atoms with Gasteiger partial charge in [-0.1, -0.05) is 44.2 Å². The summed E-state index contributed by atoms with van der Waals surface area (Å²) >= 11 is 0. The molecule has 0 saturated heterocycles. The Bertz CT molecular complexity index is 1090. The van der Waals surface area contributed by atoms with Gasteiger partial charge in [0, 0.05) is 41.7 Å². The van der Waals surface area contributed by atoms with Crippen molar-refractivity contribution in [3.05, 3.63) is 76.6 Å². The third-order valence-electron chi connectivity index (χ3n) is 5.24. The van der Waals surface area contributed by atoms with Gasteiger partial charge in [0.05, 0.1) is 0 Å². The summed E-state index contributed by atoms with van der Waals surface area (Å²) in [6.07, 6.45) is 2.56. The third kappa shape index (κ3) is 4.25. The number of hydrogen-bond donors (Lipinski definition) is 2. The van der Waals surface area contributed by atoms with Crippen molar-refractivity contribution in [3.8, 4) is 22.3 Å². The van der Waals surface area contributed by atoms with E-state index in [0.29, 0.717) is 19.5 Å². The SMILES string of the molecule is CC.Cc1cc(-c2cc(-c3ccc4c(c3)C(=O)NC4)cnc2C)ccc1CNC=O. The van der Waals surface area contributed by atoms with Crippen LogP contribution in [0.5, 0.6) is 0 Å². The number of fused-ring (bicyclic) bond motifs is 1. The number of aryl methyl sites for hydroxylation is 2. The first-order chi connectivity index (χ1) is 14.6. The first-order valence-electron chi connectivity index (χ1n) is 10.2. The summed E-state index contributed by atoms with van der Waals surface area (Å²) < 4.78 is 0. The highest BCUT2D eigenvalue weighted by Gasteiger charge is 2.19. The maximum atomic E-state index is 12.0. The molecule has 4 rings (SSSR count). The lowest BCUT2D eigenvalue weighted by Gasteiger charge is -2.12. The van der Waals surface area contributed by atoms with E-state index in [4.69, 9.17) is 0 Å². The van der Waals surface area contributed by atoms with E-state index in [1.165, 1.54) is 0 Å². The molecular formula is C25H27N3O2. The molecule has 0 radical (unpaired) electrons. The average molecular weight is 402 g/mol. The van der Waals surface area contributed by atoms with Gasteiger partial charge in [-0.2, -0.15) is 0 Å². The molecule has 0 saturated carbocycles. The van der Waals surface area contributed by atoms with Gasteiger partial charge in [-0.05, 0) is 53.8 Å². The van der Waals surface area contributed by atoms with E-state index in [1.807, 2.05) is 58.2 Å². The summed E-state index contributed by atoms with van der Waals surface area (Å²) in [5.41, 5.74) is 9.01.